The molecule has 7 heteroatoms. The molecule has 1 aromatic heterocycles. The predicted octanol–water partition coefficient (Wildman–Crippen LogP) is 3.51. The average molecular weight is 384 g/mol. The van der Waals surface area contributed by atoms with Crippen molar-refractivity contribution in [3.05, 3.63) is 28.5 Å². The first kappa shape index (κ1) is 18.4. The summed E-state index contributed by atoms with van der Waals surface area (Å²) in [5.41, 5.74) is -0.0134. The molecule has 5 nitrogen and oxygen atoms in total. The third-order valence-electron chi connectivity index (χ3n) is 4.47. The molecule has 1 aliphatic rings. The smallest absolute Gasteiger partial charge is 0.466 e. The van der Waals surface area contributed by atoms with Gasteiger partial charge < -0.3 is 14.0 Å². The lowest BCUT2D eigenvalue weighted by Crippen LogP contribution is -2.41. The van der Waals surface area contributed by atoms with Crippen molar-refractivity contribution in [2.24, 2.45) is 0 Å². The Kier molecular flexibility index (Phi) is 5.54. The highest BCUT2D eigenvalue weighted by molar-refractivity contribution is 9.10. The Morgan fingerprint density at radius 2 is 1.91 bits per heavy atom. The number of ether oxygens (including phenoxy) is 1. The van der Waals surface area contributed by atoms with Gasteiger partial charge in [0.15, 0.2) is 0 Å². The van der Waals surface area contributed by atoms with Crippen LogP contribution in [0.1, 0.15) is 52.4 Å². The summed E-state index contributed by atoms with van der Waals surface area (Å²) in [4.78, 5) is 16.3. The number of halogens is 1. The lowest BCUT2D eigenvalue weighted by molar-refractivity contribution is -0.143. The van der Waals surface area contributed by atoms with E-state index in [4.69, 9.17) is 14.0 Å². The maximum atomic E-state index is 12.0. The van der Waals surface area contributed by atoms with E-state index in [1.165, 1.54) is 0 Å². The first-order valence-electron chi connectivity index (χ1n) is 7.79. The normalized spacial score (nSPS) is 20.3. The van der Waals surface area contributed by atoms with Crippen molar-refractivity contribution < 1.29 is 18.8 Å². The fraction of sp³-hybridized carbons (Fsp3) is 0.625. The summed E-state index contributed by atoms with van der Waals surface area (Å²) in [5.74, 6) is -0.536. The molecule has 2 rings (SSSR count). The minimum Gasteiger partial charge on any atom is -0.466 e. The van der Waals surface area contributed by atoms with E-state index in [9.17, 15) is 4.79 Å². The van der Waals surface area contributed by atoms with E-state index in [1.54, 1.807) is 13.1 Å². The third kappa shape index (κ3) is 4.14. The van der Waals surface area contributed by atoms with Crippen LogP contribution in [0.15, 0.2) is 22.9 Å². The van der Waals surface area contributed by atoms with Gasteiger partial charge in [0.05, 0.1) is 24.2 Å². The Hall–Kier alpha value is -0.915. The SMILES string of the molecule is CCOC(=O)CC(B1OC(C)(C)C(C)(C)O1)c1ccc(Br)nc1. The van der Waals surface area contributed by atoms with Crippen molar-refractivity contribution in [3.63, 3.8) is 0 Å². The number of rotatable bonds is 5. The van der Waals surface area contributed by atoms with Crippen LogP contribution < -0.4 is 0 Å². The topological polar surface area (TPSA) is 57.7 Å². The summed E-state index contributed by atoms with van der Waals surface area (Å²) in [5, 5.41) is 0. The first-order valence-corrected chi connectivity index (χ1v) is 8.58. The van der Waals surface area contributed by atoms with Crippen LogP contribution in [-0.4, -0.2) is 35.9 Å². The van der Waals surface area contributed by atoms with Gasteiger partial charge in [-0.3, -0.25) is 4.79 Å². The molecule has 0 amide bonds. The van der Waals surface area contributed by atoms with Gasteiger partial charge >= 0.3 is 13.1 Å². The van der Waals surface area contributed by atoms with E-state index < -0.39 is 18.3 Å². The van der Waals surface area contributed by atoms with Gasteiger partial charge in [0.25, 0.3) is 0 Å². The van der Waals surface area contributed by atoms with Gasteiger partial charge in [0.2, 0.25) is 0 Å². The van der Waals surface area contributed by atoms with Crippen LogP contribution in [-0.2, 0) is 18.8 Å². The number of pyridine rings is 1. The van der Waals surface area contributed by atoms with Crippen molar-refractivity contribution in [1.29, 1.82) is 0 Å². The number of carbonyl (C=O) groups is 1. The summed E-state index contributed by atoms with van der Waals surface area (Å²) in [6, 6.07) is 3.77. The van der Waals surface area contributed by atoms with Gasteiger partial charge in [-0.05, 0) is 62.2 Å². The molecule has 1 saturated heterocycles. The quantitative estimate of drug-likeness (QED) is 0.442. The van der Waals surface area contributed by atoms with Crippen LogP contribution in [0.25, 0.3) is 0 Å². The van der Waals surface area contributed by atoms with Crippen molar-refractivity contribution in [1.82, 2.24) is 4.98 Å². The predicted molar refractivity (Wildman–Crippen MR) is 92.0 cm³/mol. The standard InChI is InChI=1S/C16H23BBrNO4/c1-6-21-14(20)9-12(11-7-8-13(18)19-10-11)17-22-15(2,3)16(4,5)23-17/h7-8,10,12H,6,9H2,1-5H3. The van der Waals surface area contributed by atoms with Crippen molar-refractivity contribution in [3.8, 4) is 0 Å². The van der Waals surface area contributed by atoms with Crippen LogP contribution in [0.5, 0.6) is 0 Å². The lowest BCUT2D eigenvalue weighted by Gasteiger charge is -2.32. The van der Waals surface area contributed by atoms with E-state index in [0.29, 0.717) is 6.61 Å². The van der Waals surface area contributed by atoms with Crippen LogP contribution in [0.2, 0.25) is 0 Å². The van der Waals surface area contributed by atoms with Crippen molar-refractivity contribution in [2.45, 2.75) is 58.1 Å². The van der Waals surface area contributed by atoms with Crippen molar-refractivity contribution >= 4 is 29.0 Å². The number of carbonyl (C=O) groups excluding carboxylic acids is 1. The number of esters is 1. The van der Waals surface area contributed by atoms with E-state index >= 15 is 0 Å². The highest BCUT2D eigenvalue weighted by atomic mass is 79.9. The minimum atomic E-state index is -0.521. The van der Waals surface area contributed by atoms with Gasteiger partial charge in [-0.2, -0.15) is 0 Å². The van der Waals surface area contributed by atoms with E-state index in [2.05, 4.69) is 20.9 Å². The second-order valence-electron chi connectivity index (χ2n) is 6.65. The molecule has 1 atom stereocenters. The molecule has 0 spiro atoms. The van der Waals surface area contributed by atoms with E-state index in [1.807, 2.05) is 39.8 Å². The van der Waals surface area contributed by atoms with Crippen LogP contribution in [0.3, 0.4) is 0 Å². The van der Waals surface area contributed by atoms with E-state index in [-0.39, 0.29) is 18.2 Å². The van der Waals surface area contributed by atoms with Crippen molar-refractivity contribution in [2.75, 3.05) is 6.61 Å². The highest BCUT2D eigenvalue weighted by Crippen LogP contribution is 2.41. The Morgan fingerprint density at radius 1 is 1.30 bits per heavy atom. The van der Waals surface area contributed by atoms with Crippen LogP contribution in [0, 0.1) is 0 Å². The monoisotopic (exact) mass is 383 g/mol. The maximum Gasteiger partial charge on any atom is 0.466 e. The van der Waals surface area contributed by atoms with Gasteiger partial charge in [-0.25, -0.2) is 4.98 Å². The Labute approximate surface area is 146 Å². The summed E-state index contributed by atoms with van der Waals surface area (Å²) in [6.45, 7) is 10.1. The molecule has 1 unspecified atom stereocenters. The summed E-state index contributed by atoms with van der Waals surface area (Å²) in [7, 11) is -0.521. The zero-order valence-corrected chi connectivity index (χ0v) is 15.8. The zero-order chi connectivity index (χ0) is 17.3. The number of hydrogen-bond acceptors (Lipinski definition) is 5. The zero-order valence-electron chi connectivity index (χ0n) is 14.3. The third-order valence-corrected chi connectivity index (χ3v) is 4.94. The molecule has 0 aromatic carbocycles. The lowest BCUT2D eigenvalue weighted by atomic mass is 9.66. The Bertz CT molecular complexity index is 546. The number of hydrogen-bond donors (Lipinski definition) is 0. The Balaban J connectivity index is 2.27. The molecule has 1 fully saturated rings. The second-order valence-corrected chi connectivity index (χ2v) is 7.47. The molecule has 0 saturated carbocycles. The van der Waals surface area contributed by atoms with Gasteiger partial charge in [0, 0.05) is 12.0 Å². The molecule has 2 heterocycles. The van der Waals surface area contributed by atoms with E-state index in [0.717, 1.165) is 10.2 Å². The van der Waals surface area contributed by atoms with Crippen LogP contribution >= 0.6 is 15.9 Å². The maximum absolute atomic E-state index is 12.0. The molecule has 23 heavy (non-hydrogen) atoms. The van der Waals surface area contributed by atoms with Crippen LogP contribution in [0.4, 0.5) is 0 Å². The molecule has 1 aliphatic heterocycles. The molecule has 0 aliphatic carbocycles. The highest BCUT2D eigenvalue weighted by Gasteiger charge is 2.54. The fourth-order valence-electron chi connectivity index (χ4n) is 2.43. The molecular formula is C16H23BBrNO4. The molecule has 0 N–H and O–H groups in total. The van der Waals surface area contributed by atoms with Gasteiger partial charge in [-0.1, -0.05) is 6.07 Å². The van der Waals surface area contributed by atoms with Gasteiger partial charge in [-0.15, -0.1) is 0 Å². The minimum absolute atomic E-state index is 0.188. The Morgan fingerprint density at radius 3 is 2.39 bits per heavy atom. The largest absolute Gasteiger partial charge is 0.466 e. The molecular weight excluding hydrogens is 361 g/mol. The average Bonchev–Trinajstić information content (AvgIpc) is 2.66. The molecule has 1 aromatic rings. The first-order chi connectivity index (χ1) is 10.7. The summed E-state index contributed by atoms with van der Waals surface area (Å²) in [6.07, 6.45) is 1.92. The molecule has 126 valence electrons. The molecule has 0 radical (unpaired) electrons. The molecule has 0 bridgehead atoms. The summed E-state index contributed by atoms with van der Waals surface area (Å²) >= 11 is 3.32. The fourth-order valence-corrected chi connectivity index (χ4v) is 2.66. The second kappa shape index (κ2) is 6.91. The number of nitrogens with zero attached hydrogens (tertiary/aromatic N) is 1. The van der Waals surface area contributed by atoms with Gasteiger partial charge in [0.1, 0.15) is 4.60 Å². The summed E-state index contributed by atoms with van der Waals surface area (Å²) < 4.78 is 18.1. The number of aromatic nitrogens is 1.